The third kappa shape index (κ3) is 0.748. The first-order valence-corrected chi connectivity index (χ1v) is 6.71. The lowest BCUT2D eigenvalue weighted by Gasteiger charge is -2.21. The molecule has 6 atom stereocenters. The largest absolute Gasteiger partial charge is 0.299 e. The summed E-state index contributed by atoms with van der Waals surface area (Å²) in [5, 5.41) is 0. The van der Waals surface area contributed by atoms with Crippen LogP contribution in [0, 0.1) is 29.6 Å². The van der Waals surface area contributed by atoms with Gasteiger partial charge in [-0.05, 0) is 37.5 Å². The smallest absolute Gasteiger partial charge is 0.153 e. The molecule has 0 aromatic carbocycles. The highest BCUT2D eigenvalue weighted by Crippen LogP contribution is 2.68. The molecule has 4 aliphatic rings. The molecular formula is C12H13BrO2. The van der Waals surface area contributed by atoms with E-state index in [1.807, 2.05) is 0 Å². The zero-order valence-electron chi connectivity index (χ0n) is 8.41. The Hall–Kier alpha value is -0.180. The van der Waals surface area contributed by atoms with E-state index in [2.05, 4.69) is 15.9 Å². The summed E-state index contributed by atoms with van der Waals surface area (Å²) in [7, 11) is 0. The monoisotopic (exact) mass is 268 g/mol. The first-order valence-electron chi connectivity index (χ1n) is 5.91. The van der Waals surface area contributed by atoms with Crippen LogP contribution in [0.15, 0.2) is 0 Å². The molecule has 15 heavy (non-hydrogen) atoms. The van der Waals surface area contributed by atoms with Crippen molar-refractivity contribution in [1.82, 2.24) is 0 Å². The van der Waals surface area contributed by atoms with Gasteiger partial charge in [-0.1, -0.05) is 15.9 Å². The molecule has 2 nitrogen and oxygen atoms in total. The van der Waals surface area contributed by atoms with E-state index in [4.69, 9.17) is 0 Å². The highest BCUT2D eigenvalue weighted by Gasteiger charge is 2.72. The third-order valence-corrected chi connectivity index (χ3v) is 6.71. The molecule has 0 spiro atoms. The lowest BCUT2D eigenvalue weighted by Crippen LogP contribution is -2.31. The van der Waals surface area contributed by atoms with Crippen LogP contribution in [0.5, 0.6) is 0 Å². The molecule has 0 aliphatic heterocycles. The van der Waals surface area contributed by atoms with Gasteiger partial charge in [-0.2, -0.15) is 0 Å². The van der Waals surface area contributed by atoms with E-state index < -0.39 is 0 Å². The van der Waals surface area contributed by atoms with Crippen LogP contribution in [0.4, 0.5) is 0 Å². The molecular weight excluding hydrogens is 256 g/mol. The molecule has 0 saturated heterocycles. The summed E-state index contributed by atoms with van der Waals surface area (Å²) in [6, 6.07) is 0. The third-order valence-electron chi connectivity index (χ3n) is 5.39. The van der Waals surface area contributed by atoms with Crippen molar-refractivity contribution in [2.24, 2.45) is 29.6 Å². The van der Waals surface area contributed by atoms with Crippen LogP contribution in [0.2, 0.25) is 0 Å². The number of ketones is 2. The van der Waals surface area contributed by atoms with Crippen molar-refractivity contribution in [1.29, 1.82) is 0 Å². The lowest BCUT2D eigenvalue weighted by molar-refractivity contribution is -0.124. The van der Waals surface area contributed by atoms with Crippen LogP contribution in [-0.4, -0.2) is 15.9 Å². The molecule has 0 heterocycles. The van der Waals surface area contributed by atoms with Gasteiger partial charge in [0.1, 0.15) is 5.78 Å². The second kappa shape index (κ2) is 2.39. The van der Waals surface area contributed by atoms with E-state index in [-0.39, 0.29) is 22.1 Å². The molecule has 0 bridgehead atoms. The maximum Gasteiger partial charge on any atom is 0.153 e. The van der Waals surface area contributed by atoms with Gasteiger partial charge in [-0.3, -0.25) is 9.59 Å². The molecule has 4 rings (SSSR count). The number of alkyl halides is 1. The Morgan fingerprint density at radius 2 is 1.80 bits per heavy atom. The van der Waals surface area contributed by atoms with Gasteiger partial charge < -0.3 is 0 Å². The van der Waals surface area contributed by atoms with Gasteiger partial charge in [0.25, 0.3) is 0 Å². The van der Waals surface area contributed by atoms with Crippen LogP contribution in [-0.2, 0) is 9.59 Å². The summed E-state index contributed by atoms with van der Waals surface area (Å²) in [5.41, 5.74) is 0. The summed E-state index contributed by atoms with van der Waals surface area (Å²) in [6.07, 6.45) is 3.79. The quantitative estimate of drug-likeness (QED) is 0.630. The Labute approximate surface area is 96.9 Å². The van der Waals surface area contributed by atoms with E-state index in [0.29, 0.717) is 23.4 Å². The predicted molar refractivity (Wildman–Crippen MR) is 57.6 cm³/mol. The Morgan fingerprint density at radius 3 is 2.60 bits per heavy atom. The molecule has 0 amide bonds. The second-order valence-electron chi connectivity index (χ2n) is 5.67. The van der Waals surface area contributed by atoms with Gasteiger partial charge in [0.15, 0.2) is 5.78 Å². The summed E-state index contributed by atoms with van der Waals surface area (Å²) < 4.78 is -0.294. The molecule has 0 aromatic rings. The molecule has 0 radical (unpaired) electrons. The molecule has 3 heteroatoms. The van der Waals surface area contributed by atoms with Crippen molar-refractivity contribution >= 4 is 27.5 Å². The minimum atomic E-state index is -0.294. The molecule has 0 unspecified atom stereocenters. The maximum atomic E-state index is 12.3. The van der Waals surface area contributed by atoms with Crippen molar-refractivity contribution in [2.75, 3.05) is 0 Å². The molecule has 4 aliphatic carbocycles. The standard InChI is InChI=1S/C12H13BrO2/c13-12-4-3-7-9(12)8-5(10(7)14)1-2-6(8)11(12)15/h5-9H,1-4H2/t5-,6+,7-,8+,9-,12-/m1/s1. The number of hydrogen-bond donors (Lipinski definition) is 0. The van der Waals surface area contributed by atoms with E-state index in [1.54, 1.807) is 0 Å². The Balaban J connectivity index is 1.93. The SMILES string of the molecule is O=C1[C@@H]2CC[C@@H]3C(=O)[C@@]4(Br)CC[C@@H]1[C@@H]4[C@H]32. The first kappa shape index (κ1) is 8.91. The molecule has 0 aromatic heterocycles. The minimum absolute atomic E-state index is 0.216. The van der Waals surface area contributed by atoms with Crippen molar-refractivity contribution < 1.29 is 9.59 Å². The van der Waals surface area contributed by atoms with Crippen molar-refractivity contribution in [2.45, 2.75) is 30.0 Å². The zero-order chi connectivity index (χ0) is 10.4. The minimum Gasteiger partial charge on any atom is -0.299 e. The normalized spacial score (nSPS) is 60.5. The van der Waals surface area contributed by atoms with Crippen molar-refractivity contribution in [3.63, 3.8) is 0 Å². The summed E-state index contributed by atoms with van der Waals surface area (Å²) in [4.78, 5) is 24.5. The Kier molecular flexibility index (Phi) is 1.42. The fraction of sp³-hybridized carbons (Fsp3) is 0.833. The van der Waals surface area contributed by atoms with Gasteiger partial charge in [0.05, 0.1) is 4.32 Å². The van der Waals surface area contributed by atoms with Crippen LogP contribution >= 0.6 is 15.9 Å². The predicted octanol–water partition coefficient (Wildman–Crippen LogP) is 1.95. The number of carbonyl (C=O) groups is 2. The van der Waals surface area contributed by atoms with Gasteiger partial charge in [0, 0.05) is 17.8 Å². The topological polar surface area (TPSA) is 34.1 Å². The number of rotatable bonds is 0. The number of halogens is 1. The molecule has 4 fully saturated rings. The highest BCUT2D eigenvalue weighted by molar-refractivity contribution is 9.10. The lowest BCUT2D eigenvalue weighted by atomic mass is 9.90. The van der Waals surface area contributed by atoms with Crippen LogP contribution in [0.3, 0.4) is 0 Å². The van der Waals surface area contributed by atoms with E-state index in [9.17, 15) is 9.59 Å². The molecule has 0 N–H and O–H groups in total. The zero-order valence-corrected chi connectivity index (χ0v) is 10.00. The fourth-order valence-electron chi connectivity index (χ4n) is 4.96. The molecule has 4 saturated carbocycles. The summed E-state index contributed by atoms with van der Waals surface area (Å²) in [5.74, 6) is 2.36. The van der Waals surface area contributed by atoms with Crippen molar-refractivity contribution in [3.8, 4) is 0 Å². The van der Waals surface area contributed by atoms with Gasteiger partial charge >= 0.3 is 0 Å². The number of Topliss-reactive ketones (excluding diaryl/α,β-unsaturated/α-hetero) is 2. The Bertz CT molecular complexity index is 391. The van der Waals surface area contributed by atoms with E-state index in [0.717, 1.165) is 25.7 Å². The van der Waals surface area contributed by atoms with E-state index >= 15 is 0 Å². The first-order chi connectivity index (χ1) is 7.14. The Morgan fingerprint density at radius 1 is 1.07 bits per heavy atom. The molecule has 80 valence electrons. The van der Waals surface area contributed by atoms with Gasteiger partial charge in [-0.25, -0.2) is 0 Å². The second-order valence-corrected chi connectivity index (χ2v) is 7.08. The van der Waals surface area contributed by atoms with Gasteiger partial charge in [-0.15, -0.1) is 0 Å². The average Bonchev–Trinajstić information content (AvgIpc) is 2.85. The van der Waals surface area contributed by atoms with Gasteiger partial charge in [0.2, 0.25) is 0 Å². The number of carbonyl (C=O) groups excluding carboxylic acids is 2. The fourth-order valence-corrected chi connectivity index (χ4v) is 6.10. The van der Waals surface area contributed by atoms with Crippen molar-refractivity contribution in [3.05, 3.63) is 0 Å². The van der Waals surface area contributed by atoms with E-state index in [1.165, 1.54) is 0 Å². The highest BCUT2D eigenvalue weighted by atomic mass is 79.9. The summed E-state index contributed by atoms with van der Waals surface area (Å²) in [6.45, 7) is 0. The summed E-state index contributed by atoms with van der Waals surface area (Å²) >= 11 is 3.69. The van der Waals surface area contributed by atoms with Crippen LogP contribution in [0.1, 0.15) is 25.7 Å². The average molecular weight is 269 g/mol. The maximum absolute atomic E-state index is 12.3. The van der Waals surface area contributed by atoms with Crippen LogP contribution in [0.25, 0.3) is 0 Å². The number of hydrogen-bond acceptors (Lipinski definition) is 2. The van der Waals surface area contributed by atoms with Crippen LogP contribution < -0.4 is 0 Å².